The molecule has 7 nitrogen and oxygen atoms in total. The third-order valence-corrected chi connectivity index (χ3v) is 5.31. The summed E-state index contributed by atoms with van der Waals surface area (Å²) in [6.45, 7) is 5.40. The van der Waals surface area contributed by atoms with E-state index in [2.05, 4.69) is 9.97 Å². The van der Waals surface area contributed by atoms with Crippen LogP contribution in [0.25, 0.3) is 11.0 Å². The van der Waals surface area contributed by atoms with E-state index in [1.807, 2.05) is 24.3 Å². The molecule has 0 aliphatic heterocycles. The molecule has 1 amide bonds. The van der Waals surface area contributed by atoms with E-state index >= 15 is 0 Å². The highest BCUT2D eigenvalue weighted by Crippen LogP contribution is 2.26. The lowest BCUT2D eigenvalue weighted by Gasteiger charge is -2.25. The van der Waals surface area contributed by atoms with E-state index in [0.29, 0.717) is 21.4 Å². The number of halogens is 2. The minimum atomic E-state index is -0.762. The Bertz CT molecular complexity index is 1090. The summed E-state index contributed by atoms with van der Waals surface area (Å²) in [5, 5.41) is 1.96. The maximum atomic E-state index is 12.9. The molecule has 0 saturated heterocycles. The SMILES string of the molecule is CC(C)(C)OC(=O)C(CC(=O)N(N)Cc1nc2ccccc2[nH]1)Cc1ccc(Cl)cc1Cl. The van der Waals surface area contributed by atoms with Gasteiger partial charge < -0.3 is 9.72 Å². The summed E-state index contributed by atoms with van der Waals surface area (Å²) in [6, 6.07) is 12.6. The number of rotatable bonds is 7. The highest BCUT2D eigenvalue weighted by atomic mass is 35.5. The number of hydrogen-bond acceptors (Lipinski definition) is 5. The van der Waals surface area contributed by atoms with Crippen molar-refractivity contribution in [2.24, 2.45) is 11.8 Å². The molecule has 1 aromatic heterocycles. The van der Waals surface area contributed by atoms with Gasteiger partial charge >= 0.3 is 5.97 Å². The van der Waals surface area contributed by atoms with Gasteiger partial charge in [0.25, 0.3) is 0 Å². The zero-order chi connectivity index (χ0) is 23.5. The van der Waals surface area contributed by atoms with Gasteiger partial charge in [0, 0.05) is 16.5 Å². The fourth-order valence-corrected chi connectivity index (χ4v) is 3.72. The quantitative estimate of drug-likeness (QED) is 0.223. The predicted octanol–water partition coefficient (Wildman–Crippen LogP) is 4.66. The molecular weight excluding hydrogens is 451 g/mol. The molecule has 0 saturated carbocycles. The fourth-order valence-electron chi connectivity index (χ4n) is 3.23. The van der Waals surface area contributed by atoms with E-state index in [4.69, 9.17) is 33.8 Å². The monoisotopic (exact) mass is 476 g/mol. The summed E-state index contributed by atoms with van der Waals surface area (Å²) >= 11 is 12.3. The van der Waals surface area contributed by atoms with Gasteiger partial charge in [0.1, 0.15) is 11.4 Å². The van der Waals surface area contributed by atoms with E-state index in [1.54, 1.807) is 39.0 Å². The van der Waals surface area contributed by atoms with Crippen molar-refractivity contribution in [3.63, 3.8) is 0 Å². The number of amides is 1. The van der Waals surface area contributed by atoms with Gasteiger partial charge in [0.15, 0.2) is 0 Å². The van der Waals surface area contributed by atoms with E-state index in [9.17, 15) is 9.59 Å². The molecule has 9 heteroatoms. The van der Waals surface area contributed by atoms with Crippen LogP contribution in [0.2, 0.25) is 10.0 Å². The van der Waals surface area contributed by atoms with Crippen LogP contribution >= 0.6 is 23.2 Å². The number of H-pyrrole nitrogens is 1. The summed E-state index contributed by atoms with van der Waals surface area (Å²) in [5.74, 6) is 4.91. The van der Waals surface area contributed by atoms with Gasteiger partial charge in [-0.15, -0.1) is 0 Å². The average molecular weight is 477 g/mol. The van der Waals surface area contributed by atoms with Gasteiger partial charge in [0.05, 0.1) is 23.5 Å². The van der Waals surface area contributed by atoms with Crippen molar-refractivity contribution in [1.29, 1.82) is 0 Å². The van der Waals surface area contributed by atoms with Crippen LogP contribution in [0.15, 0.2) is 42.5 Å². The smallest absolute Gasteiger partial charge is 0.310 e. The number of hydrogen-bond donors (Lipinski definition) is 2. The van der Waals surface area contributed by atoms with E-state index in [1.165, 1.54) is 0 Å². The molecule has 0 bridgehead atoms. The number of aromatic nitrogens is 2. The molecule has 3 rings (SSSR count). The van der Waals surface area contributed by atoms with Crippen LogP contribution in [-0.2, 0) is 27.3 Å². The number of esters is 1. The first kappa shape index (κ1) is 24.0. The molecule has 0 fully saturated rings. The Balaban J connectivity index is 1.74. The van der Waals surface area contributed by atoms with Crippen LogP contribution in [0, 0.1) is 5.92 Å². The standard InChI is InChI=1S/C23H26Cl2N4O3/c1-23(2,3)32-22(31)15(10-14-8-9-16(24)12-17(14)25)11-21(30)29(26)13-20-27-18-6-4-5-7-19(18)28-20/h4-9,12,15H,10-11,13,26H2,1-3H3,(H,27,28). The summed E-state index contributed by atoms with van der Waals surface area (Å²) in [5.41, 5.74) is 1.64. The minimum absolute atomic E-state index is 0.0796. The number of benzene rings is 2. The Morgan fingerprint density at radius 2 is 1.91 bits per heavy atom. The van der Waals surface area contributed by atoms with Crippen LogP contribution in [0.3, 0.4) is 0 Å². The van der Waals surface area contributed by atoms with Crippen molar-refractivity contribution >= 4 is 46.1 Å². The Hall–Kier alpha value is -2.61. The van der Waals surface area contributed by atoms with Crippen LogP contribution < -0.4 is 5.84 Å². The van der Waals surface area contributed by atoms with Crippen LogP contribution in [-0.4, -0.2) is 32.5 Å². The van der Waals surface area contributed by atoms with Crippen LogP contribution in [0.4, 0.5) is 0 Å². The number of ether oxygens (including phenoxy) is 1. The van der Waals surface area contributed by atoms with Crippen molar-refractivity contribution in [3.8, 4) is 0 Å². The van der Waals surface area contributed by atoms with E-state index in [-0.39, 0.29) is 19.4 Å². The average Bonchev–Trinajstić information content (AvgIpc) is 3.10. The number of para-hydroxylation sites is 2. The fraction of sp³-hybridized carbons (Fsp3) is 0.348. The van der Waals surface area contributed by atoms with Crippen molar-refractivity contribution in [2.75, 3.05) is 0 Å². The number of nitrogens with zero attached hydrogens (tertiary/aromatic N) is 2. The maximum absolute atomic E-state index is 12.9. The molecule has 3 aromatic rings. The molecule has 1 atom stereocenters. The van der Waals surface area contributed by atoms with Gasteiger partial charge in [-0.05, 0) is 57.0 Å². The molecule has 1 heterocycles. The van der Waals surface area contributed by atoms with Gasteiger partial charge in [0.2, 0.25) is 5.91 Å². The van der Waals surface area contributed by atoms with Crippen LogP contribution in [0.1, 0.15) is 38.6 Å². The van der Waals surface area contributed by atoms with Gasteiger partial charge in [-0.2, -0.15) is 0 Å². The van der Waals surface area contributed by atoms with Crippen molar-refractivity contribution in [3.05, 3.63) is 63.9 Å². The normalized spacial score (nSPS) is 12.6. The number of imidazole rings is 1. The third-order valence-electron chi connectivity index (χ3n) is 4.72. The van der Waals surface area contributed by atoms with Gasteiger partial charge in [-0.1, -0.05) is 41.4 Å². The first-order chi connectivity index (χ1) is 15.0. The Morgan fingerprint density at radius 3 is 2.56 bits per heavy atom. The van der Waals surface area contributed by atoms with Crippen molar-refractivity contribution in [2.45, 2.75) is 45.8 Å². The highest BCUT2D eigenvalue weighted by Gasteiger charge is 2.29. The second-order valence-electron chi connectivity index (χ2n) is 8.60. The minimum Gasteiger partial charge on any atom is -0.460 e. The Labute approximate surface area is 196 Å². The summed E-state index contributed by atoms with van der Waals surface area (Å²) in [7, 11) is 0. The number of fused-ring (bicyclic) bond motifs is 1. The Kier molecular flexibility index (Phi) is 7.44. The zero-order valence-corrected chi connectivity index (χ0v) is 19.7. The van der Waals surface area contributed by atoms with E-state index < -0.39 is 23.4 Å². The molecule has 0 spiro atoms. The maximum Gasteiger partial charge on any atom is 0.310 e. The summed E-state index contributed by atoms with van der Waals surface area (Å²) in [4.78, 5) is 33.3. The number of carbonyl (C=O) groups excluding carboxylic acids is 2. The first-order valence-corrected chi connectivity index (χ1v) is 10.9. The third kappa shape index (κ3) is 6.45. The molecule has 32 heavy (non-hydrogen) atoms. The number of nitrogens with two attached hydrogens (primary N) is 1. The topological polar surface area (TPSA) is 101 Å². The van der Waals surface area contributed by atoms with Crippen LogP contribution in [0.5, 0.6) is 0 Å². The van der Waals surface area contributed by atoms with E-state index in [0.717, 1.165) is 16.0 Å². The predicted molar refractivity (Wildman–Crippen MR) is 125 cm³/mol. The lowest BCUT2D eigenvalue weighted by atomic mass is 9.95. The van der Waals surface area contributed by atoms with Crippen molar-refractivity contribution < 1.29 is 14.3 Å². The number of aromatic amines is 1. The zero-order valence-electron chi connectivity index (χ0n) is 18.2. The lowest BCUT2D eigenvalue weighted by Crippen LogP contribution is -2.40. The molecule has 1 unspecified atom stereocenters. The van der Waals surface area contributed by atoms with Gasteiger partial charge in [-0.3, -0.25) is 14.6 Å². The Morgan fingerprint density at radius 1 is 1.19 bits per heavy atom. The largest absolute Gasteiger partial charge is 0.460 e. The summed E-state index contributed by atoms with van der Waals surface area (Å²) < 4.78 is 5.54. The first-order valence-electron chi connectivity index (χ1n) is 10.2. The second kappa shape index (κ2) is 9.90. The number of nitrogens with one attached hydrogen (secondary N) is 1. The second-order valence-corrected chi connectivity index (χ2v) is 9.44. The molecule has 0 radical (unpaired) electrons. The number of carbonyl (C=O) groups is 2. The van der Waals surface area contributed by atoms with Gasteiger partial charge in [-0.25, -0.2) is 10.8 Å². The molecule has 3 N–H and O–H groups in total. The summed E-state index contributed by atoms with van der Waals surface area (Å²) in [6.07, 6.45) is 0.0831. The lowest BCUT2D eigenvalue weighted by molar-refractivity contribution is -0.162. The molecule has 170 valence electrons. The number of hydrazine groups is 1. The molecule has 0 aliphatic carbocycles. The highest BCUT2D eigenvalue weighted by molar-refractivity contribution is 6.35. The van der Waals surface area contributed by atoms with Crippen molar-refractivity contribution in [1.82, 2.24) is 15.0 Å². The molecular formula is C23H26Cl2N4O3. The molecule has 2 aromatic carbocycles. The molecule has 0 aliphatic rings.